The quantitative estimate of drug-likeness (QED) is 0.624. The number of aliphatic hydroxyl groups excluding tert-OH is 1. The van der Waals surface area contributed by atoms with Gasteiger partial charge in [0.25, 0.3) is 0 Å². The Morgan fingerprint density at radius 1 is 1.18 bits per heavy atom. The Hall–Kier alpha value is -1.28. The summed E-state index contributed by atoms with van der Waals surface area (Å²) >= 11 is 1.83. The number of aryl methyl sites for hydroxylation is 1. The van der Waals surface area contributed by atoms with Crippen LogP contribution in [0.25, 0.3) is 0 Å². The van der Waals surface area contributed by atoms with Crippen molar-refractivity contribution in [1.82, 2.24) is 9.80 Å². The number of morpholine rings is 1. The van der Waals surface area contributed by atoms with E-state index in [9.17, 15) is 5.11 Å². The summed E-state index contributed by atoms with van der Waals surface area (Å²) in [7, 11) is 0. The molecule has 1 fully saturated rings. The van der Waals surface area contributed by atoms with Crippen LogP contribution in [-0.4, -0.2) is 73.6 Å². The Bertz CT molecular complexity index is 673. The highest BCUT2D eigenvalue weighted by Gasteiger charge is 2.16. The average Bonchev–Trinajstić information content (AvgIpc) is 3.12. The minimum atomic E-state index is -0.491. The molecule has 0 spiro atoms. The first-order valence-corrected chi connectivity index (χ1v) is 10.9. The fourth-order valence-electron chi connectivity index (χ4n) is 3.37. The standard InChI is InChI=1S/C22H32N2O3S/c1-19-7-8-22(28-19)16-24(10-9-23-11-13-26-14-12-23)15-21(25)18-27-17-20-5-3-2-4-6-20/h2-8,21,25H,9-18H2,1H3/t21-/m0/s1. The van der Waals surface area contributed by atoms with Gasteiger partial charge in [-0.25, -0.2) is 0 Å². The molecular weight excluding hydrogens is 372 g/mol. The summed E-state index contributed by atoms with van der Waals surface area (Å²) in [5, 5.41) is 10.5. The Morgan fingerprint density at radius 3 is 2.68 bits per heavy atom. The Balaban J connectivity index is 1.46. The molecule has 1 aromatic carbocycles. The second-order valence-corrected chi connectivity index (χ2v) is 8.73. The van der Waals surface area contributed by atoms with Crippen LogP contribution in [0, 0.1) is 6.92 Å². The van der Waals surface area contributed by atoms with Gasteiger partial charge in [0.05, 0.1) is 32.5 Å². The summed E-state index contributed by atoms with van der Waals surface area (Å²) in [6, 6.07) is 14.5. The molecule has 2 heterocycles. The highest BCUT2D eigenvalue weighted by atomic mass is 32.1. The van der Waals surface area contributed by atoms with E-state index in [2.05, 4.69) is 28.9 Å². The summed E-state index contributed by atoms with van der Waals surface area (Å²) in [6.45, 7) is 10.1. The third kappa shape index (κ3) is 7.62. The fraction of sp³-hybridized carbons (Fsp3) is 0.545. The van der Waals surface area contributed by atoms with Gasteiger partial charge in [-0.15, -0.1) is 11.3 Å². The molecule has 1 N–H and O–H groups in total. The number of aliphatic hydroxyl groups is 1. The summed E-state index contributed by atoms with van der Waals surface area (Å²) in [6.07, 6.45) is -0.491. The van der Waals surface area contributed by atoms with Crippen molar-refractivity contribution >= 4 is 11.3 Å². The molecule has 0 radical (unpaired) electrons. The van der Waals surface area contributed by atoms with E-state index in [-0.39, 0.29) is 0 Å². The second-order valence-electron chi connectivity index (χ2n) is 7.36. The van der Waals surface area contributed by atoms with Crippen molar-refractivity contribution in [3.63, 3.8) is 0 Å². The first-order valence-electron chi connectivity index (χ1n) is 10.1. The molecule has 1 saturated heterocycles. The molecule has 0 unspecified atom stereocenters. The van der Waals surface area contributed by atoms with Crippen LogP contribution in [-0.2, 0) is 22.6 Å². The molecule has 154 valence electrons. The lowest BCUT2D eigenvalue weighted by Gasteiger charge is -2.30. The SMILES string of the molecule is Cc1ccc(CN(CCN2CCOCC2)C[C@H](O)COCc2ccccc2)s1. The smallest absolute Gasteiger partial charge is 0.0900 e. The molecule has 28 heavy (non-hydrogen) atoms. The van der Waals surface area contributed by atoms with Crippen LogP contribution < -0.4 is 0 Å². The average molecular weight is 405 g/mol. The molecule has 0 bridgehead atoms. The number of hydrogen-bond donors (Lipinski definition) is 1. The van der Waals surface area contributed by atoms with Crippen molar-refractivity contribution in [3.8, 4) is 0 Å². The van der Waals surface area contributed by atoms with Crippen molar-refractivity contribution < 1.29 is 14.6 Å². The van der Waals surface area contributed by atoms with Crippen LogP contribution in [0.1, 0.15) is 15.3 Å². The molecule has 0 amide bonds. The van der Waals surface area contributed by atoms with Crippen LogP contribution in [0.15, 0.2) is 42.5 Å². The molecule has 1 atom stereocenters. The van der Waals surface area contributed by atoms with E-state index in [1.807, 2.05) is 41.7 Å². The van der Waals surface area contributed by atoms with Gasteiger partial charge in [0.1, 0.15) is 0 Å². The monoisotopic (exact) mass is 404 g/mol. The maximum absolute atomic E-state index is 10.5. The van der Waals surface area contributed by atoms with Crippen molar-refractivity contribution in [2.75, 3.05) is 52.5 Å². The Morgan fingerprint density at radius 2 is 1.96 bits per heavy atom. The van der Waals surface area contributed by atoms with Gasteiger partial charge >= 0.3 is 0 Å². The van der Waals surface area contributed by atoms with Crippen molar-refractivity contribution in [1.29, 1.82) is 0 Å². The van der Waals surface area contributed by atoms with Gasteiger partial charge in [-0.05, 0) is 24.6 Å². The van der Waals surface area contributed by atoms with E-state index < -0.39 is 6.10 Å². The largest absolute Gasteiger partial charge is 0.389 e. The number of rotatable bonds is 11. The van der Waals surface area contributed by atoms with Crippen molar-refractivity contribution in [3.05, 3.63) is 57.8 Å². The molecule has 6 heteroatoms. The van der Waals surface area contributed by atoms with Gasteiger partial charge in [0.15, 0.2) is 0 Å². The molecule has 0 aliphatic carbocycles. The van der Waals surface area contributed by atoms with Gasteiger partial charge in [0, 0.05) is 49.0 Å². The number of hydrogen-bond acceptors (Lipinski definition) is 6. The zero-order valence-corrected chi connectivity index (χ0v) is 17.6. The van der Waals surface area contributed by atoms with Crippen LogP contribution in [0.3, 0.4) is 0 Å². The van der Waals surface area contributed by atoms with Crippen LogP contribution in [0.2, 0.25) is 0 Å². The van der Waals surface area contributed by atoms with Crippen LogP contribution >= 0.6 is 11.3 Å². The molecule has 3 rings (SSSR count). The summed E-state index contributed by atoms with van der Waals surface area (Å²) < 4.78 is 11.2. The van der Waals surface area contributed by atoms with E-state index in [0.717, 1.165) is 51.5 Å². The lowest BCUT2D eigenvalue weighted by Crippen LogP contribution is -2.43. The number of nitrogens with zero attached hydrogens (tertiary/aromatic N) is 2. The first-order chi connectivity index (χ1) is 13.7. The Labute approximate surface area is 172 Å². The van der Waals surface area contributed by atoms with E-state index in [1.165, 1.54) is 9.75 Å². The van der Waals surface area contributed by atoms with Crippen LogP contribution in [0.4, 0.5) is 0 Å². The third-order valence-electron chi connectivity index (χ3n) is 4.90. The number of thiophene rings is 1. The number of benzene rings is 1. The second kappa shape index (κ2) is 11.7. The molecular formula is C22H32N2O3S. The van der Waals surface area contributed by atoms with Gasteiger partial charge < -0.3 is 14.6 Å². The molecule has 1 aliphatic heterocycles. The molecule has 1 aliphatic rings. The first kappa shape index (κ1) is 21.4. The maximum atomic E-state index is 10.5. The normalized spacial score (nSPS) is 16.5. The van der Waals surface area contributed by atoms with Crippen LogP contribution in [0.5, 0.6) is 0 Å². The lowest BCUT2D eigenvalue weighted by atomic mass is 10.2. The highest BCUT2D eigenvalue weighted by molar-refractivity contribution is 7.11. The minimum absolute atomic E-state index is 0.354. The zero-order chi connectivity index (χ0) is 19.6. The zero-order valence-electron chi connectivity index (χ0n) is 16.8. The summed E-state index contributed by atoms with van der Waals surface area (Å²) in [5.41, 5.74) is 1.13. The predicted octanol–water partition coefficient (Wildman–Crippen LogP) is 2.77. The number of ether oxygens (including phenoxy) is 2. The van der Waals surface area contributed by atoms with Gasteiger partial charge in [-0.2, -0.15) is 0 Å². The van der Waals surface area contributed by atoms with E-state index in [4.69, 9.17) is 9.47 Å². The molecule has 0 saturated carbocycles. The maximum Gasteiger partial charge on any atom is 0.0900 e. The van der Waals surface area contributed by atoms with Gasteiger partial charge in [-0.1, -0.05) is 30.3 Å². The van der Waals surface area contributed by atoms with E-state index in [1.54, 1.807) is 0 Å². The topological polar surface area (TPSA) is 45.2 Å². The third-order valence-corrected chi connectivity index (χ3v) is 5.89. The van der Waals surface area contributed by atoms with E-state index in [0.29, 0.717) is 19.8 Å². The Kier molecular flexibility index (Phi) is 8.92. The van der Waals surface area contributed by atoms with Gasteiger partial charge in [0.2, 0.25) is 0 Å². The lowest BCUT2D eigenvalue weighted by molar-refractivity contribution is 0.00227. The molecule has 2 aromatic rings. The predicted molar refractivity (Wildman–Crippen MR) is 114 cm³/mol. The fourth-order valence-corrected chi connectivity index (χ4v) is 4.30. The summed E-state index contributed by atoms with van der Waals surface area (Å²) in [5.74, 6) is 0. The molecule has 5 nitrogen and oxygen atoms in total. The highest BCUT2D eigenvalue weighted by Crippen LogP contribution is 2.17. The van der Waals surface area contributed by atoms with E-state index >= 15 is 0 Å². The summed E-state index contributed by atoms with van der Waals surface area (Å²) in [4.78, 5) is 7.46. The molecule has 1 aromatic heterocycles. The van der Waals surface area contributed by atoms with Crippen molar-refractivity contribution in [2.45, 2.75) is 26.2 Å². The van der Waals surface area contributed by atoms with Crippen molar-refractivity contribution in [2.24, 2.45) is 0 Å². The minimum Gasteiger partial charge on any atom is -0.389 e. The van der Waals surface area contributed by atoms with Gasteiger partial charge in [-0.3, -0.25) is 9.80 Å².